The number of rotatable bonds is 6. The maximum absolute atomic E-state index is 7.33. The van der Waals surface area contributed by atoms with E-state index in [2.05, 4.69) is 111 Å². The van der Waals surface area contributed by atoms with Crippen molar-refractivity contribution in [1.82, 2.24) is 10.3 Å². The fourth-order valence-electron chi connectivity index (χ4n) is 9.16. The van der Waals surface area contributed by atoms with Crippen molar-refractivity contribution in [2.24, 2.45) is 17.3 Å². The lowest BCUT2D eigenvalue weighted by molar-refractivity contribution is -0.0255. The molecule has 2 aromatic carbocycles. The monoisotopic (exact) mass is 549 g/mol. The van der Waals surface area contributed by atoms with Crippen LogP contribution in [0.1, 0.15) is 76.6 Å². The van der Waals surface area contributed by atoms with Gasteiger partial charge in [0.25, 0.3) is 8.32 Å². The third-order valence-electron chi connectivity index (χ3n) is 11.8. The minimum Gasteiger partial charge on any atom is -0.402 e. The normalized spacial score (nSPS) is 35.2. The van der Waals surface area contributed by atoms with Crippen LogP contribution in [-0.2, 0) is 9.46 Å². The number of nitrogens with zero attached hydrogens (tertiary/aromatic N) is 2. The highest BCUT2D eigenvalue weighted by atomic mass is 28.4. The van der Waals surface area contributed by atoms with Gasteiger partial charge in [-0.1, -0.05) is 81.4 Å². The zero-order valence-electron chi connectivity index (χ0n) is 24.4. The number of hydrogen-bond acceptors (Lipinski definition) is 4. The van der Waals surface area contributed by atoms with Gasteiger partial charge in [0.1, 0.15) is 5.82 Å². The first-order chi connectivity index (χ1) is 19.4. The minimum atomic E-state index is -2.26. The number of benzene rings is 2. The molecule has 6 unspecified atom stereocenters. The molecule has 2 saturated heterocycles. The molecule has 1 spiro atoms. The van der Waals surface area contributed by atoms with E-state index in [9.17, 15) is 0 Å². The number of pyridine rings is 1. The third kappa shape index (κ3) is 3.34. The molecule has 5 heteroatoms. The first-order valence-electron chi connectivity index (χ1n) is 15.7. The summed E-state index contributed by atoms with van der Waals surface area (Å²) in [6, 6.07) is 28.2. The molecule has 2 saturated carbocycles. The van der Waals surface area contributed by atoms with Gasteiger partial charge in [0.15, 0.2) is 0 Å². The Labute approximate surface area is 240 Å². The Morgan fingerprint density at radius 3 is 2.45 bits per heavy atom. The molecule has 208 valence electrons. The second kappa shape index (κ2) is 8.76. The average Bonchev–Trinajstić information content (AvgIpc) is 3.78. The lowest BCUT2D eigenvalue weighted by atomic mass is 9.73. The average molecular weight is 550 g/mol. The summed E-state index contributed by atoms with van der Waals surface area (Å²) >= 11 is 0. The van der Waals surface area contributed by atoms with Gasteiger partial charge in [0.2, 0.25) is 0 Å². The van der Waals surface area contributed by atoms with Gasteiger partial charge in [-0.15, -0.1) is 0 Å². The Morgan fingerprint density at radius 2 is 1.70 bits per heavy atom. The quantitative estimate of drug-likeness (QED) is 0.413. The Balaban J connectivity index is 1.09. The van der Waals surface area contributed by atoms with E-state index in [0.29, 0.717) is 29.3 Å². The van der Waals surface area contributed by atoms with E-state index >= 15 is 0 Å². The maximum Gasteiger partial charge on any atom is 0.269 e. The summed E-state index contributed by atoms with van der Waals surface area (Å²) in [5.74, 6) is 2.33. The van der Waals surface area contributed by atoms with Crippen molar-refractivity contribution < 1.29 is 4.43 Å². The zero-order chi connectivity index (χ0) is 27.3. The van der Waals surface area contributed by atoms with Crippen LogP contribution in [0.25, 0.3) is 0 Å². The van der Waals surface area contributed by atoms with E-state index in [-0.39, 0.29) is 17.2 Å². The number of anilines is 1. The van der Waals surface area contributed by atoms with Crippen LogP contribution >= 0.6 is 0 Å². The molecule has 3 aromatic rings. The van der Waals surface area contributed by atoms with Crippen molar-refractivity contribution >= 4 is 24.5 Å². The number of hydrogen-bond donors (Lipinski definition) is 1. The minimum absolute atomic E-state index is 0.0795. The molecular weight excluding hydrogens is 506 g/mol. The molecule has 2 aliphatic carbocycles. The van der Waals surface area contributed by atoms with Crippen LogP contribution < -0.4 is 20.6 Å². The van der Waals surface area contributed by atoms with Crippen molar-refractivity contribution in [3.63, 3.8) is 0 Å². The SMILES string of the molecule is CC(C)C1CCC(c2cccc(N(C)C3CC4(CC4)C3)n2)NC1C1O[Si]2(c3ccccc3)c3ccccc3C12C. The van der Waals surface area contributed by atoms with Crippen LogP contribution in [0.15, 0.2) is 72.8 Å². The highest BCUT2D eigenvalue weighted by Crippen LogP contribution is 2.62. The van der Waals surface area contributed by atoms with Gasteiger partial charge in [0.05, 0.1) is 11.8 Å². The summed E-state index contributed by atoms with van der Waals surface area (Å²) < 4.78 is 7.33. The molecule has 4 heterocycles. The second-order valence-electron chi connectivity index (χ2n) is 14.2. The second-order valence-corrected chi connectivity index (χ2v) is 17.9. The van der Waals surface area contributed by atoms with Gasteiger partial charge in [-0.2, -0.15) is 0 Å². The molecule has 40 heavy (non-hydrogen) atoms. The van der Waals surface area contributed by atoms with E-state index in [4.69, 9.17) is 9.41 Å². The largest absolute Gasteiger partial charge is 0.402 e. The maximum atomic E-state index is 7.33. The molecule has 0 amide bonds. The highest BCUT2D eigenvalue weighted by Gasteiger charge is 2.78. The van der Waals surface area contributed by atoms with Crippen LogP contribution in [0.3, 0.4) is 0 Å². The predicted molar refractivity (Wildman–Crippen MR) is 165 cm³/mol. The van der Waals surface area contributed by atoms with Gasteiger partial charge >= 0.3 is 0 Å². The Hall–Kier alpha value is -2.47. The van der Waals surface area contributed by atoms with Gasteiger partial charge in [-0.3, -0.25) is 0 Å². The molecule has 1 aromatic heterocycles. The fourth-order valence-corrected chi connectivity index (χ4v) is 14.5. The first-order valence-corrected chi connectivity index (χ1v) is 17.6. The highest BCUT2D eigenvalue weighted by molar-refractivity contribution is 7.05. The standard InChI is InChI=1S/C35H43N3OSi/c1-23(2)26-17-18-29(28-14-10-16-31(36-28)38(4)24-21-35(22-24)19-20-35)37-32(26)33-34(3)27-13-8-9-15-30(27)40(34,39-33)25-11-6-5-7-12-25/h5-16,23-24,26,29,32-33,37H,17-22H2,1-4H3. The molecule has 0 bridgehead atoms. The van der Waals surface area contributed by atoms with E-state index in [1.807, 2.05) is 0 Å². The van der Waals surface area contributed by atoms with Crippen LogP contribution in [-0.4, -0.2) is 38.5 Å². The predicted octanol–water partition coefficient (Wildman–Crippen LogP) is 5.49. The van der Waals surface area contributed by atoms with E-state index < -0.39 is 8.32 Å². The van der Waals surface area contributed by atoms with Crippen molar-refractivity contribution in [3.8, 4) is 0 Å². The lowest BCUT2D eigenvalue weighted by Crippen LogP contribution is -2.95. The summed E-state index contributed by atoms with van der Waals surface area (Å²) in [5, 5.41) is 7.15. The van der Waals surface area contributed by atoms with Crippen molar-refractivity contribution in [3.05, 3.63) is 84.1 Å². The lowest BCUT2D eigenvalue weighted by Gasteiger charge is -2.71. The van der Waals surface area contributed by atoms with Crippen molar-refractivity contribution in [1.29, 1.82) is 0 Å². The summed E-state index contributed by atoms with van der Waals surface area (Å²) in [5.41, 5.74) is 3.42. The molecule has 3 aliphatic heterocycles. The Morgan fingerprint density at radius 1 is 0.950 bits per heavy atom. The van der Waals surface area contributed by atoms with Crippen molar-refractivity contribution in [2.45, 2.75) is 88.6 Å². The third-order valence-corrected chi connectivity index (χ3v) is 16.8. The first kappa shape index (κ1) is 25.3. The fraction of sp³-hybridized carbons (Fsp3) is 0.514. The molecule has 4 nitrogen and oxygen atoms in total. The van der Waals surface area contributed by atoms with Crippen LogP contribution in [0.5, 0.6) is 0 Å². The van der Waals surface area contributed by atoms with Gasteiger partial charge in [-0.25, -0.2) is 4.98 Å². The van der Waals surface area contributed by atoms with Gasteiger partial charge < -0.3 is 14.6 Å². The topological polar surface area (TPSA) is 37.4 Å². The van der Waals surface area contributed by atoms with Crippen LogP contribution in [0, 0.1) is 17.3 Å². The summed E-state index contributed by atoms with van der Waals surface area (Å²) in [7, 11) is -0.00383. The zero-order valence-corrected chi connectivity index (χ0v) is 25.4. The summed E-state index contributed by atoms with van der Waals surface area (Å²) in [6.07, 6.45) is 8.10. The Bertz CT molecular complexity index is 1430. The van der Waals surface area contributed by atoms with E-state index in [0.717, 1.165) is 12.2 Å². The number of aromatic nitrogens is 1. The van der Waals surface area contributed by atoms with Gasteiger partial charge in [-0.05, 0) is 83.8 Å². The molecule has 0 radical (unpaired) electrons. The van der Waals surface area contributed by atoms with Crippen molar-refractivity contribution in [2.75, 3.05) is 11.9 Å². The molecule has 1 N–H and O–H groups in total. The number of nitrogens with one attached hydrogen (secondary N) is 1. The van der Waals surface area contributed by atoms with Crippen LogP contribution in [0.2, 0.25) is 0 Å². The van der Waals surface area contributed by atoms with E-state index in [1.54, 1.807) is 0 Å². The molecule has 5 aliphatic rings. The molecular formula is C35H43N3OSi. The smallest absolute Gasteiger partial charge is 0.269 e. The summed E-state index contributed by atoms with van der Waals surface area (Å²) in [4.78, 5) is 7.72. The van der Waals surface area contributed by atoms with Crippen LogP contribution in [0.4, 0.5) is 5.82 Å². The number of piperidine rings is 1. The molecule has 4 fully saturated rings. The van der Waals surface area contributed by atoms with E-state index in [1.165, 1.54) is 53.7 Å². The summed E-state index contributed by atoms with van der Waals surface area (Å²) in [6.45, 7) is 7.32. The number of fused-ring (bicyclic) bond motifs is 4. The molecule has 6 atom stereocenters. The molecule has 8 rings (SSSR count). The van der Waals surface area contributed by atoms with Gasteiger partial charge in [0, 0.05) is 30.2 Å². The Kier molecular flexibility index (Phi) is 5.53.